The van der Waals surface area contributed by atoms with E-state index in [1.54, 1.807) is 42.7 Å². The molecule has 0 aliphatic rings. The Morgan fingerprint density at radius 1 is 0.800 bits per heavy atom. The van der Waals surface area contributed by atoms with E-state index in [4.69, 9.17) is 5.11 Å². The minimum Gasteiger partial charge on any atom is -0.477 e. The van der Waals surface area contributed by atoms with Gasteiger partial charge in [0.15, 0.2) is 0 Å². The summed E-state index contributed by atoms with van der Waals surface area (Å²) in [6.07, 6.45) is 4.95. The summed E-state index contributed by atoms with van der Waals surface area (Å²) in [5.74, 6) is -1.63. The summed E-state index contributed by atoms with van der Waals surface area (Å²) in [4.78, 5) is 17.5. The van der Waals surface area contributed by atoms with Crippen LogP contribution >= 0.6 is 0 Å². The number of nitrogens with zero attached hydrogens (tertiary/aromatic N) is 2. The second kappa shape index (κ2) is 13.8. The molecule has 30 heavy (non-hydrogen) atoms. The topological polar surface area (TPSA) is 63.1 Å². The van der Waals surface area contributed by atoms with E-state index in [1.165, 1.54) is 36.5 Å². The Bertz CT molecular complexity index is 976. The molecule has 155 valence electrons. The molecule has 0 unspecified atom stereocenters. The number of carbonyl (C=O) groups is 1. The van der Waals surface area contributed by atoms with Crippen molar-refractivity contribution in [3.05, 3.63) is 121 Å². The van der Waals surface area contributed by atoms with Crippen molar-refractivity contribution < 1.29 is 38.8 Å². The zero-order chi connectivity index (χ0) is 20.9. The fraction of sp³-hybridized carbons (Fsp3) is 0. The quantitative estimate of drug-likeness (QED) is 0.326. The average Bonchev–Trinajstić information content (AvgIpc) is 2.77. The van der Waals surface area contributed by atoms with Gasteiger partial charge in [-0.2, -0.15) is 12.1 Å². The number of aromatic nitrogens is 2. The average molecular weight is 584 g/mol. The van der Waals surface area contributed by atoms with Crippen LogP contribution < -0.4 is 0 Å². The Hall–Kier alpha value is -3.28. The van der Waals surface area contributed by atoms with Gasteiger partial charge in [0, 0.05) is 44.5 Å². The monoisotopic (exact) mass is 584 g/mol. The van der Waals surface area contributed by atoms with Gasteiger partial charge < -0.3 is 5.11 Å². The smallest absolute Gasteiger partial charge is 0.354 e. The molecular formula is C23H17F2IrN2O2-. The predicted molar refractivity (Wildman–Crippen MR) is 106 cm³/mol. The van der Waals surface area contributed by atoms with Crippen molar-refractivity contribution in [3.63, 3.8) is 0 Å². The van der Waals surface area contributed by atoms with Crippen molar-refractivity contribution in [1.82, 2.24) is 9.97 Å². The van der Waals surface area contributed by atoms with E-state index in [0.717, 1.165) is 5.56 Å². The van der Waals surface area contributed by atoms with Gasteiger partial charge in [-0.25, -0.2) is 14.2 Å². The first-order chi connectivity index (χ1) is 14.1. The van der Waals surface area contributed by atoms with Gasteiger partial charge in [-0.3, -0.25) is 9.37 Å². The molecule has 0 atom stereocenters. The van der Waals surface area contributed by atoms with Crippen molar-refractivity contribution in [2.45, 2.75) is 0 Å². The van der Waals surface area contributed by atoms with E-state index in [1.807, 2.05) is 18.2 Å². The Balaban J connectivity index is 0.000000242. The summed E-state index contributed by atoms with van der Waals surface area (Å²) in [5, 5.41) is 8.32. The maximum Gasteiger partial charge on any atom is 0.354 e. The SMILES string of the molecule is Fc1ccc(-c2c[c-]cc(F)c2)cc1.O=C(O)c1ccccn1.[Ir].c1ccncc1. The molecule has 0 spiro atoms. The van der Waals surface area contributed by atoms with Gasteiger partial charge in [-0.1, -0.05) is 29.8 Å². The number of aromatic carboxylic acids is 1. The number of carboxylic acids is 1. The van der Waals surface area contributed by atoms with E-state index >= 15 is 0 Å². The van der Waals surface area contributed by atoms with Crippen LogP contribution in [0.25, 0.3) is 11.1 Å². The van der Waals surface area contributed by atoms with Crippen molar-refractivity contribution in [2.75, 3.05) is 0 Å². The maximum atomic E-state index is 12.8. The van der Waals surface area contributed by atoms with Crippen LogP contribution in [-0.4, -0.2) is 21.0 Å². The van der Waals surface area contributed by atoms with Crippen LogP contribution in [0.4, 0.5) is 8.78 Å². The number of hydrogen-bond donors (Lipinski definition) is 1. The molecule has 0 bridgehead atoms. The number of benzene rings is 2. The predicted octanol–water partition coefficient (Wildman–Crippen LogP) is 5.29. The summed E-state index contributed by atoms with van der Waals surface area (Å²) in [7, 11) is 0. The molecule has 2 aromatic heterocycles. The molecule has 2 heterocycles. The number of rotatable bonds is 2. The normalized spacial score (nSPS) is 9.00. The van der Waals surface area contributed by atoms with Crippen molar-refractivity contribution in [1.29, 1.82) is 0 Å². The first kappa shape index (κ1) is 24.8. The van der Waals surface area contributed by atoms with Crippen LogP contribution in [0.2, 0.25) is 0 Å². The van der Waals surface area contributed by atoms with Gasteiger partial charge in [-0.05, 0) is 36.4 Å². The van der Waals surface area contributed by atoms with E-state index in [2.05, 4.69) is 16.0 Å². The zero-order valence-corrected chi connectivity index (χ0v) is 18.0. The molecule has 4 aromatic rings. The second-order valence-electron chi connectivity index (χ2n) is 5.49. The maximum absolute atomic E-state index is 12.8. The fourth-order valence-electron chi connectivity index (χ4n) is 2.05. The van der Waals surface area contributed by atoms with E-state index in [-0.39, 0.29) is 37.4 Å². The first-order valence-corrected chi connectivity index (χ1v) is 8.48. The van der Waals surface area contributed by atoms with Crippen LogP contribution in [0.3, 0.4) is 0 Å². The minimum atomic E-state index is -0.990. The Morgan fingerprint density at radius 2 is 1.47 bits per heavy atom. The van der Waals surface area contributed by atoms with Crippen molar-refractivity contribution in [3.8, 4) is 11.1 Å². The fourth-order valence-corrected chi connectivity index (χ4v) is 2.05. The molecule has 1 radical (unpaired) electrons. The Morgan fingerprint density at radius 3 is 1.90 bits per heavy atom. The van der Waals surface area contributed by atoms with Crippen LogP contribution in [0.5, 0.6) is 0 Å². The van der Waals surface area contributed by atoms with E-state index in [0.29, 0.717) is 5.56 Å². The summed E-state index contributed by atoms with van der Waals surface area (Å²) >= 11 is 0. The molecule has 0 amide bonds. The summed E-state index contributed by atoms with van der Waals surface area (Å²) in [6, 6.07) is 23.4. The molecule has 4 rings (SSSR count). The van der Waals surface area contributed by atoms with E-state index in [9.17, 15) is 13.6 Å². The molecule has 4 nitrogen and oxygen atoms in total. The largest absolute Gasteiger partial charge is 0.477 e. The van der Waals surface area contributed by atoms with Gasteiger partial charge in [0.25, 0.3) is 0 Å². The third kappa shape index (κ3) is 9.28. The second-order valence-corrected chi connectivity index (χ2v) is 5.49. The van der Waals surface area contributed by atoms with E-state index < -0.39 is 5.97 Å². The molecular weight excluding hydrogens is 566 g/mol. The Labute approximate surface area is 186 Å². The third-order valence-electron chi connectivity index (χ3n) is 3.38. The summed E-state index contributed by atoms with van der Waals surface area (Å²) in [5.41, 5.74) is 1.56. The molecule has 0 saturated heterocycles. The van der Waals surface area contributed by atoms with Crippen LogP contribution in [-0.2, 0) is 20.1 Å². The molecule has 0 fully saturated rings. The minimum absolute atomic E-state index is 0. The molecule has 7 heteroatoms. The molecule has 0 saturated carbocycles. The van der Waals surface area contributed by atoms with Gasteiger partial charge in [-0.15, -0.1) is 17.7 Å². The van der Waals surface area contributed by atoms with Crippen molar-refractivity contribution >= 4 is 5.97 Å². The number of pyridine rings is 2. The number of carboxylic acid groups (broad SMARTS) is 1. The zero-order valence-electron chi connectivity index (χ0n) is 15.6. The standard InChI is InChI=1S/C12H7F2.C6H5NO2.C5H5N.Ir/c13-11-6-4-9(5-7-11)10-2-1-3-12(14)8-10;8-6(9)5-3-1-2-4-7-5;1-2-4-6-5-3-1;/h2-8H;1-4H,(H,8,9);1-5H;/q-1;;;. The van der Waals surface area contributed by atoms with Crippen LogP contribution in [0, 0.1) is 17.7 Å². The van der Waals surface area contributed by atoms with Crippen LogP contribution in [0.15, 0.2) is 97.5 Å². The third-order valence-corrected chi connectivity index (χ3v) is 3.38. The number of hydrogen-bond acceptors (Lipinski definition) is 3. The molecule has 2 aromatic carbocycles. The van der Waals surface area contributed by atoms with Gasteiger partial charge >= 0.3 is 5.97 Å². The molecule has 0 aliphatic carbocycles. The van der Waals surface area contributed by atoms with Gasteiger partial charge in [0.2, 0.25) is 0 Å². The summed E-state index contributed by atoms with van der Waals surface area (Å²) < 4.78 is 25.4. The number of halogens is 2. The van der Waals surface area contributed by atoms with Crippen LogP contribution in [0.1, 0.15) is 10.5 Å². The van der Waals surface area contributed by atoms with Crippen molar-refractivity contribution in [2.24, 2.45) is 0 Å². The van der Waals surface area contributed by atoms with Gasteiger partial charge in [0.1, 0.15) is 11.5 Å². The van der Waals surface area contributed by atoms with Gasteiger partial charge in [0.05, 0.1) is 0 Å². The summed E-state index contributed by atoms with van der Waals surface area (Å²) in [6.45, 7) is 0. The molecule has 1 N–H and O–H groups in total. The Kier molecular flexibility index (Phi) is 11.4. The first-order valence-electron chi connectivity index (χ1n) is 8.48. The molecule has 0 aliphatic heterocycles.